The van der Waals surface area contributed by atoms with Crippen LogP contribution in [-0.4, -0.2) is 12.2 Å². The van der Waals surface area contributed by atoms with Crippen molar-refractivity contribution in [2.75, 3.05) is 7.11 Å². The standard InChI is InChI=1S/C19H19FO2/c1-22-15-7-9-19(20)18(11-15)16-8-6-13(12-21)10-17(16)14-4-2-3-5-14/h4,6-11,21H,2-3,5,12H2,1H3. The highest BCUT2D eigenvalue weighted by atomic mass is 19.1. The Labute approximate surface area is 129 Å². The first-order valence-electron chi connectivity index (χ1n) is 7.50. The van der Waals surface area contributed by atoms with Crippen LogP contribution in [-0.2, 0) is 6.61 Å². The van der Waals surface area contributed by atoms with E-state index in [-0.39, 0.29) is 12.4 Å². The van der Waals surface area contributed by atoms with Gasteiger partial charge in [0.05, 0.1) is 13.7 Å². The molecule has 0 amide bonds. The van der Waals surface area contributed by atoms with E-state index in [2.05, 4.69) is 6.08 Å². The average Bonchev–Trinajstić information content (AvgIpc) is 3.09. The normalized spacial score (nSPS) is 14.0. The van der Waals surface area contributed by atoms with Gasteiger partial charge in [-0.05, 0) is 65.8 Å². The SMILES string of the molecule is COc1ccc(F)c(-c2ccc(CO)cc2C2=CCCC2)c1. The Morgan fingerprint density at radius 2 is 1.95 bits per heavy atom. The molecule has 22 heavy (non-hydrogen) atoms. The zero-order chi connectivity index (χ0) is 15.5. The summed E-state index contributed by atoms with van der Waals surface area (Å²) in [6.07, 6.45) is 5.38. The van der Waals surface area contributed by atoms with Gasteiger partial charge in [0.15, 0.2) is 0 Å². The summed E-state index contributed by atoms with van der Waals surface area (Å²) in [6, 6.07) is 10.5. The van der Waals surface area contributed by atoms with Gasteiger partial charge in [-0.2, -0.15) is 0 Å². The Hall–Kier alpha value is -2.13. The van der Waals surface area contributed by atoms with Crippen molar-refractivity contribution in [3.63, 3.8) is 0 Å². The summed E-state index contributed by atoms with van der Waals surface area (Å²) >= 11 is 0. The molecule has 1 N–H and O–H groups in total. The van der Waals surface area contributed by atoms with E-state index in [1.807, 2.05) is 18.2 Å². The van der Waals surface area contributed by atoms with Crippen molar-refractivity contribution in [2.45, 2.75) is 25.9 Å². The molecule has 0 aliphatic heterocycles. The Bertz CT molecular complexity index is 719. The van der Waals surface area contributed by atoms with Crippen molar-refractivity contribution in [1.82, 2.24) is 0 Å². The van der Waals surface area contributed by atoms with Gasteiger partial charge in [0.2, 0.25) is 0 Å². The fourth-order valence-electron chi connectivity index (χ4n) is 2.94. The fraction of sp³-hybridized carbons (Fsp3) is 0.263. The largest absolute Gasteiger partial charge is 0.497 e. The minimum atomic E-state index is -0.266. The first-order valence-corrected chi connectivity index (χ1v) is 7.50. The summed E-state index contributed by atoms with van der Waals surface area (Å²) in [7, 11) is 1.58. The van der Waals surface area contributed by atoms with Gasteiger partial charge in [-0.25, -0.2) is 4.39 Å². The molecule has 0 radical (unpaired) electrons. The van der Waals surface area contributed by atoms with Gasteiger partial charge < -0.3 is 9.84 Å². The Balaban J connectivity index is 2.17. The zero-order valence-electron chi connectivity index (χ0n) is 12.6. The topological polar surface area (TPSA) is 29.5 Å². The molecule has 3 heteroatoms. The second-order valence-electron chi connectivity index (χ2n) is 5.51. The Morgan fingerprint density at radius 1 is 1.09 bits per heavy atom. The van der Waals surface area contributed by atoms with Crippen LogP contribution < -0.4 is 4.74 Å². The number of allylic oxidation sites excluding steroid dienone is 2. The summed E-state index contributed by atoms with van der Waals surface area (Å²) < 4.78 is 19.5. The number of rotatable bonds is 4. The van der Waals surface area contributed by atoms with Crippen LogP contribution in [0.4, 0.5) is 4.39 Å². The monoisotopic (exact) mass is 298 g/mol. The lowest BCUT2D eigenvalue weighted by molar-refractivity contribution is 0.282. The molecule has 2 aromatic rings. The van der Waals surface area contributed by atoms with Crippen LogP contribution >= 0.6 is 0 Å². The van der Waals surface area contributed by atoms with E-state index in [9.17, 15) is 9.50 Å². The Kier molecular flexibility index (Phi) is 4.25. The average molecular weight is 298 g/mol. The van der Waals surface area contributed by atoms with E-state index in [0.717, 1.165) is 36.0 Å². The molecule has 0 unspecified atom stereocenters. The van der Waals surface area contributed by atoms with E-state index in [1.165, 1.54) is 11.6 Å². The van der Waals surface area contributed by atoms with E-state index in [1.54, 1.807) is 19.2 Å². The molecular formula is C19H19FO2. The van der Waals surface area contributed by atoms with Crippen LogP contribution in [0.25, 0.3) is 16.7 Å². The number of benzene rings is 2. The first kappa shape index (κ1) is 14.8. The summed E-state index contributed by atoms with van der Waals surface area (Å²) in [5, 5.41) is 9.39. The molecule has 0 spiro atoms. The molecule has 1 aliphatic rings. The minimum absolute atomic E-state index is 0.0127. The zero-order valence-corrected chi connectivity index (χ0v) is 12.6. The van der Waals surface area contributed by atoms with Crippen LogP contribution in [0.3, 0.4) is 0 Å². The lowest BCUT2D eigenvalue weighted by atomic mass is 9.92. The molecule has 0 fully saturated rings. The van der Waals surface area contributed by atoms with Crippen LogP contribution in [0.2, 0.25) is 0 Å². The molecular weight excluding hydrogens is 279 g/mol. The van der Waals surface area contributed by atoms with E-state index < -0.39 is 0 Å². The summed E-state index contributed by atoms with van der Waals surface area (Å²) in [6.45, 7) is -0.0127. The number of ether oxygens (including phenoxy) is 1. The molecule has 0 saturated heterocycles. The van der Waals surface area contributed by atoms with Crippen LogP contribution in [0.1, 0.15) is 30.4 Å². The van der Waals surface area contributed by atoms with Crippen molar-refractivity contribution in [3.05, 3.63) is 59.4 Å². The molecule has 1 aliphatic carbocycles. The van der Waals surface area contributed by atoms with Crippen LogP contribution in [0, 0.1) is 5.82 Å². The Morgan fingerprint density at radius 3 is 2.64 bits per heavy atom. The molecule has 0 bridgehead atoms. The van der Waals surface area contributed by atoms with Crippen molar-refractivity contribution in [1.29, 1.82) is 0 Å². The number of aliphatic hydroxyl groups is 1. The lowest BCUT2D eigenvalue weighted by Gasteiger charge is -2.14. The first-order chi connectivity index (χ1) is 10.7. The summed E-state index contributed by atoms with van der Waals surface area (Å²) in [4.78, 5) is 0. The van der Waals surface area contributed by atoms with Crippen molar-refractivity contribution in [3.8, 4) is 16.9 Å². The lowest BCUT2D eigenvalue weighted by Crippen LogP contribution is -1.95. The van der Waals surface area contributed by atoms with E-state index in [4.69, 9.17) is 4.74 Å². The molecule has 0 atom stereocenters. The summed E-state index contributed by atoms with van der Waals surface area (Å²) in [5.74, 6) is 0.367. The van der Waals surface area contributed by atoms with Crippen molar-refractivity contribution >= 4 is 5.57 Å². The molecule has 0 heterocycles. The number of halogens is 1. The van der Waals surface area contributed by atoms with Crippen molar-refractivity contribution in [2.24, 2.45) is 0 Å². The van der Waals surface area contributed by atoms with Crippen LogP contribution in [0.5, 0.6) is 5.75 Å². The predicted molar refractivity (Wildman–Crippen MR) is 86.1 cm³/mol. The van der Waals surface area contributed by atoms with E-state index in [0.29, 0.717) is 11.3 Å². The molecule has 2 nitrogen and oxygen atoms in total. The molecule has 2 aromatic carbocycles. The third kappa shape index (κ3) is 2.77. The minimum Gasteiger partial charge on any atom is -0.497 e. The second-order valence-corrected chi connectivity index (χ2v) is 5.51. The number of hydrogen-bond donors (Lipinski definition) is 1. The number of aliphatic hydroxyl groups excluding tert-OH is 1. The summed E-state index contributed by atoms with van der Waals surface area (Å²) in [5.41, 5.74) is 4.46. The van der Waals surface area contributed by atoms with Crippen molar-refractivity contribution < 1.29 is 14.2 Å². The number of hydrogen-bond acceptors (Lipinski definition) is 2. The van der Waals surface area contributed by atoms with E-state index >= 15 is 0 Å². The van der Waals surface area contributed by atoms with Gasteiger partial charge in [-0.1, -0.05) is 18.2 Å². The maximum Gasteiger partial charge on any atom is 0.131 e. The third-order valence-corrected chi connectivity index (χ3v) is 4.12. The predicted octanol–water partition coefficient (Wildman–Crippen LogP) is 4.56. The van der Waals surface area contributed by atoms with Gasteiger partial charge >= 0.3 is 0 Å². The van der Waals surface area contributed by atoms with Gasteiger partial charge in [-0.3, -0.25) is 0 Å². The van der Waals surface area contributed by atoms with Gasteiger partial charge in [-0.15, -0.1) is 0 Å². The van der Waals surface area contributed by atoms with Gasteiger partial charge in [0.25, 0.3) is 0 Å². The molecule has 0 saturated carbocycles. The maximum atomic E-state index is 14.3. The molecule has 3 rings (SSSR count). The highest BCUT2D eigenvalue weighted by molar-refractivity contribution is 5.83. The highest BCUT2D eigenvalue weighted by Gasteiger charge is 2.16. The van der Waals surface area contributed by atoms with Gasteiger partial charge in [0.1, 0.15) is 11.6 Å². The maximum absolute atomic E-state index is 14.3. The molecule has 0 aromatic heterocycles. The van der Waals surface area contributed by atoms with Crippen LogP contribution in [0.15, 0.2) is 42.5 Å². The van der Waals surface area contributed by atoms with Gasteiger partial charge in [0, 0.05) is 5.56 Å². The highest BCUT2D eigenvalue weighted by Crippen LogP contribution is 2.37. The fourth-order valence-corrected chi connectivity index (χ4v) is 2.94. The smallest absolute Gasteiger partial charge is 0.131 e. The second kappa shape index (κ2) is 6.32. The number of methoxy groups -OCH3 is 1. The quantitative estimate of drug-likeness (QED) is 0.896. The third-order valence-electron chi connectivity index (χ3n) is 4.12. The molecule has 114 valence electrons.